The van der Waals surface area contributed by atoms with E-state index in [4.69, 9.17) is 10.9 Å². The maximum atomic E-state index is 13.5. The SMILES string of the molecule is CC1CCN(Cc2cc(F)cc(/C(N)=N/O)c2)CC1. The number of likely N-dealkylation sites (tertiary alicyclic amines) is 1. The van der Waals surface area contributed by atoms with Crippen molar-refractivity contribution in [3.8, 4) is 0 Å². The summed E-state index contributed by atoms with van der Waals surface area (Å²) in [6, 6.07) is 4.55. The Kier molecular flexibility index (Phi) is 4.37. The molecule has 1 aromatic carbocycles. The number of nitrogens with two attached hydrogens (primary N) is 1. The lowest BCUT2D eigenvalue weighted by molar-refractivity contribution is 0.185. The van der Waals surface area contributed by atoms with E-state index in [2.05, 4.69) is 17.0 Å². The summed E-state index contributed by atoms with van der Waals surface area (Å²) >= 11 is 0. The van der Waals surface area contributed by atoms with E-state index in [-0.39, 0.29) is 11.7 Å². The highest BCUT2D eigenvalue weighted by Gasteiger charge is 2.16. The van der Waals surface area contributed by atoms with Crippen LogP contribution in [0, 0.1) is 11.7 Å². The maximum Gasteiger partial charge on any atom is 0.170 e. The minimum Gasteiger partial charge on any atom is -0.409 e. The van der Waals surface area contributed by atoms with Crippen LogP contribution >= 0.6 is 0 Å². The molecule has 0 atom stereocenters. The van der Waals surface area contributed by atoms with Gasteiger partial charge in [0.25, 0.3) is 0 Å². The molecule has 4 nitrogen and oxygen atoms in total. The van der Waals surface area contributed by atoms with Crippen LogP contribution in [0.3, 0.4) is 0 Å². The van der Waals surface area contributed by atoms with Crippen molar-refractivity contribution in [1.82, 2.24) is 4.90 Å². The van der Waals surface area contributed by atoms with E-state index in [1.807, 2.05) is 0 Å². The van der Waals surface area contributed by atoms with Crippen molar-refractivity contribution < 1.29 is 9.60 Å². The highest BCUT2D eigenvalue weighted by molar-refractivity contribution is 5.97. The summed E-state index contributed by atoms with van der Waals surface area (Å²) in [5, 5.41) is 11.6. The van der Waals surface area contributed by atoms with E-state index in [0.717, 1.165) is 24.6 Å². The Hall–Kier alpha value is -1.62. The summed E-state index contributed by atoms with van der Waals surface area (Å²) in [6.07, 6.45) is 2.37. The second kappa shape index (κ2) is 6.02. The zero-order valence-electron chi connectivity index (χ0n) is 11.1. The fraction of sp³-hybridized carbons (Fsp3) is 0.500. The quantitative estimate of drug-likeness (QED) is 0.381. The van der Waals surface area contributed by atoms with Crippen LogP contribution in [-0.4, -0.2) is 29.0 Å². The van der Waals surface area contributed by atoms with Gasteiger partial charge in [0.2, 0.25) is 0 Å². The highest BCUT2D eigenvalue weighted by Crippen LogP contribution is 2.19. The van der Waals surface area contributed by atoms with Crippen LogP contribution in [0.15, 0.2) is 23.4 Å². The first-order valence-corrected chi connectivity index (χ1v) is 6.58. The van der Waals surface area contributed by atoms with E-state index in [0.29, 0.717) is 12.1 Å². The van der Waals surface area contributed by atoms with Crippen LogP contribution in [0.5, 0.6) is 0 Å². The van der Waals surface area contributed by atoms with Crippen molar-refractivity contribution in [2.45, 2.75) is 26.3 Å². The molecule has 0 bridgehead atoms. The van der Waals surface area contributed by atoms with Gasteiger partial charge in [-0.05, 0) is 55.6 Å². The smallest absolute Gasteiger partial charge is 0.170 e. The Balaban J connectivity index is 2.10. The molecule has 2 rings (SSSR count). The Labute approximate surface area is 112 Å². The predicted molar refractivity (Wildman–Crippen MR) is 72.6 cm³/mol. The summed E-state index contributed by atoms with van der Waals surface area (Å²) < 4.78 is 13.5. The number of rotatable bonds is 3. The van der Waals surface area contributed by atoms with Crippen LogP contribution in [0.2, 0.25) is 0 Å². The van der Waals surface area contributed by atoms with Gasteiger partial charge in [0, 0.05) is 12.1 Å². The van der Waals surface area contributed by atoms with Crippen LogP contribution in [0.25, 0.3) is 0 Å². The standard InChI is InChI=1S/C14H20FN3O/c1-10-2-4-18(5-3-10)9-11-6-12(14(16)17-19)8-13(15)7-11/h6-8,10,19H,2-5,9H2,1H3,(H2,16,17). The molecule has 0 unspecified atom stereocenters. The molecule has 1 heterocycles. The number of hydrogen-bond acceptors (Lipinski definition) is 3. The lowest BCUT2D eigenvalue weighted by Gasteiger charge is -2.30. The van der Waals surface area contributed by atoms with Gasteiger partial charge in [0.15, 0.2) is 5.84 Å². The van der Waals surface area contributed by atoms with E-state index in [1.54, 1.807) is 6.07 Å². The van der Waals surface area contributed by atoms with E-state index in [9.17, 15) is 4.39 Å². The molecule has 1 saturated heterocycles. The Morgan fingerprint density at radius 3 is 2.74 bits per heavy atom. The summed E-state index contributed by atoms with van der Waals surface area (Å²) in [7, 11) is 0. The number of oxime groups is 1. The minimum atomic E-state index is -0.357. The molecule has 1 fully saturated rings. The second-order valence-corrected chi connectivity index (χ2v) is 5.29. The fourth-order valence-corrected chi connectivity index (χ4v) is 2.43. The van der Waals surface area contributed by atoms with Crippen LogP contribution in [-0.2, 0) is 6.54 Å². The average Bonchev–Trinajstić information content (AvgIpc) is 2.40. The van der Waals surface area contributed by atoms with Gasteiger partial charge in [-0.2, -0.15) is 0 Å². The monoisotopic (exact) mass is 265 g/mol. The third kappa shape index (κ3) is 3.67. The van der Waals surface area contributed by atoms with Gasteiger partial charge in [-0.15, -0.1) is 0 Å². The molecule has 0 saturated carbocycles. The molecule has 0 amide bonds. The number of halogens is 1. The first-order valence-electron chi connectivity index (χ1n) is 6.58. The Bertz CT molecular complexity index is 468. The number of amidine groups is 1. The lowest BCUT2D eigenvalue weighted by Crippen LogP contribution is -2.32. The molecule has 104 valence electrons. The number of hydrogen-bond donors (Lipinski definition) is 2. The summed E-state index contributed by atoms with van der Waals surface area (Å²) in [5.41, 5.74) is 6.78. The molecule has 1 aromatic rings. The van der Waals surface area contributed by atoms with Gasteiger partial charge in [0.05, 0.1) is 0 Å². The van der Waals surface area contributed by atoms with Gasteiger partial charge in [-0.25, -0.2) is 4.39 Å². The van der Waals surface area contributed by atoms with E-state index in [1.165, 1.54) is 25.0 Å². The summed E-state index contributed by atoms with van der Waals surface area (Å²) in [6.45, 7) is 5.04. The van der Waals surface area contributed by atoms with Crippen molar-refractivity contribution in [3.05, 3.63) is 35.1 Å². The van der Waals surface area contributed by atoms with Crippen molar-refractivity contribution >= 4 is 5.84 Å². The maximum absolute atomic E-state index is 13.5. The zero-order chi connectivity index (χ0) is 13.8. The molecule has 0 aromatic heterocycles. The first kappa shape index (κ1) is 13.8. The lowest BCUT2D eigenvalue weighted by atomic mass is 9.98. The predicted octanol–water partition coefficient (Wildman–Crippen LogP) is 2.15. The van der Waals surface area contributed by atoms with Crippen molar-refractivity contribution in [2.75, 3.05) is 13.1 Å². The molecular weight excluding hydrogens is 245 g/mol. The van der Waals surface area contributed by atoms with Gasteiger partial charge in [-0.3, -0.25) is 4.90 Å². The molecule has 1 aliphatic heterocycles. The molecule has 5 heteroatoms. The number of nitrogens with zero attached hydrogens (tertiary/aromatic N) is 2. The molecule has 0 radical (unpaired) electrons. The number of benzene rings is 1. The second-order valence-electron chi connectivity index (χ2n) is 5.29. The van der Waals surface area contributed by atoms with E-state index < -0.39 is 0 Å². The topological polar surface area (TPSA) is 61.8 Å². The molecule has 0 spiro atoms. The summed E-state index contributed by atoms with van der Waals surface area (Å²) in [4.78, 5) is 2.31. The molecular formula is C14H20FN3O. The van der Waals surface area contributed by atoms with Crippen molar-refractivity contribution in [3.63, 3.8) is 0 Å². The molecule has 1 aliphatic rings. The molecule has 19 heavy (non-hydrogen) atoms. The van der Waals surface area contributed by atoms with Crippen LogP contribution < -0.4 is 5.73 Å². The van der Waals surface area contributed by atoms with Gasteiger partial charge >= 0.3 is 0 Å². The van der Waals surface area contributed by atoms with E-state index >= 15 is 0 Å². The first-order chi connectivity index (χ1) is 9.08. The van der Waals surface area contributed by atoms with Crippen molar-refractivity contribution in [2.24, 2.45) is 16.8 Å². The third-order valence-electron chi connectivity index (χ3n) is 3.64. The highest BCUT2D eigenvalue weighted by atomic mass is 19.1. The van der Waals surface area contributed by atoms with Crippen molar-refractivity contribution in [1.29, 1.82) is 0 Å². The summed E-state index contributed by atoms with van der Waals surface area (Å²) in [5.74, 6) is 0.356. The average molecular weight is 265 g/mol. The van der Waals surface area contributed by atoms with Gasteiger partial charge in [-0.1, -0.05) is 12.1 Å². The number of piperidine rings is 1. The van der Waals surface area contributed by atoms with Crippen LogP contribution in [0.1, 0.15) is 30.9 Å². The Morgan fingerprint density at radius 1 is 1.42 bits per heavy atom. The molecule has 0 aliphatic carbocycles. The third-order valence-corrected chi connectivity index (χ3v) is 3.64. The molecule has 3 N–H and O–H groups in total. The van der Waals surface area contributed by atoms with Gasteiger partial charge < -0.3 is 10.9 Å². The minimum absolute atomic E-state index is 0.0620. The largest absolute Gasteiger partial charge is 0.409 e. The zero-order valence-corrected chi connectivity index (χ0v) is 11.1. The van der Waals surface area contributed by atoms with Crippen LogP contribution in [0.4, 0.5) is 4.39 Å². The van der Waals surface area contributed by atoms with Gasteiger partial charge in [0.1, 0.15) is 5.82 Å². The Morgan fingerprint density at radius 2 is 2.11 bits per heavy atom. The fourth-order valence-electron chi connectivity index (χ4n) is 2.43. The normalized spacial score (nSPS) is 18.7.